The highest BCUT2D eigenvalue weighted by molar-refractivity contribution is 5.95. The van der Waals surface area contributed by atoms with E-state index in [0.29, 0.717) is 6.54 Å². The first kappa shape index (κ1) is 15.9. The minimum absolute atomic E-state index is 0.162. The second kappa shape index (κ2) is 8.87. The molecule has 1 fully saturated rings. The SMILES string of the molecule is CCCCNC(=O)NC(=O)CN1CCCC(CO)C1. The maximum absolute atomic E-state index is 11.7. The fourth-order valence-corrected chi connectivity index (χ4v) is 2.24. The van der Waals surface area contributed by atoms with Gasteiger partial charge < -0.3 is 10.4 Å². The van der Waals surface area contributed by atoms with Crippen LogP contribution in [0.25, 0.3) is 0 Å². The van der Waals surface area contributed by atoms with Gasteiger partial charge in [0.1, 0.15) is 0 Å². The van der Waals surface area contributed by atoms with Crippen LogP contribution in [0.4, 0.5) is 4.79 Å². The maximum Gasteiger partial charge on any atom is 0.321 e. The summed E-state index contributed by atoms with van der Waals surface area (Å²) in [5.41, 5.74) is 0. The van der Waals surface area contributed by atoms with E-state index in [9.17, 15) is 9.59 Å². The number of aliphatic hydroxyl groups is 1. The van der Waals surface area contributed by atoms with Crippen LogP contribution >= 0.6 is 0 Å². The molecule has 6 heteroatoms. The number of unbranched alkanes of at least 4 members (excludes halogenated alkanes) is 1. The van der Waals surface area contributed by atoms with Crippen molar-refractivity contribution in [2.45, 2.75) is 32.6 Å². The summed E-state index contributed by atoms with van der Waals surface area (Å²) >= 11 is 0. The summed E-state index contributed by atoms with van der Waals surface area (Å²) < 4.78 is 0. The molecule has 1 aliphatic rings. The van der Waals surface area contributed by atoms with Gasteiger partial charge in [-0.15, -0.1) is 0 Å². The molecule has 0 radical (unpaired) electrons. The second-order valence-electron chi connectivity index (χ2n) is 5.08. The van der Waals surface area contributed by atoms with Gasteiger partial charge in [0, 0.05) is 19.7 Å². The number of amides is 3. The highest BCUT2D eigenvalue weighted by Gasteiger charge is 2.21. The van der Waals surface area contributed by atoms with Crippen molar-refractivity contribution in [3.63, 3.8) is 0 Å². The van der Waals surface area contributed by atoms with E-state index in [0.717, 1.165) is 38.8 Å². The molecule has 3 N–H and O–H groups in total. The highest BCUT2D eigenvalue weighted by Crippen LogP contribution is 2.14. The predicted octanol–water partition coefficient (Wildman–Crippen LogP) is 0.317. The molecule has 0 spiro atoms. The summed E-state index contributed by atoms with van der Waals surface area (Å²) in [6.45, 7) is 4.58. The number of hydrogen-bond donors (Lipinski definition) is 3. The lowest BCUT2D eigenvalue weighted by atomic mass is 9.99. The quantitative estimate of drug-likeness (QED) is 0.608. The number of piperidine rings is 1. The van der Waals surface area contributed by atoms with Gasteiger partial charge in [-0.25, -0.2) is 4.79 Å². The van der Waals surface area contributed by atoms with Crippen LogP contribution < -0.4 is 10.6 Å². The predicted molar refractivity (Wildman–Crippen MR) is 72.7 cm³/mol. The second-order valence-corrected chi connectivity index (χ2v) is 5.08. The zero-order chi connectivity index (χ0) is 14.1. The van der Waals surface area contributed by atoms with Crippen molar-refractivity contribution in [2.75, 3.05) is 32.8 Å². The van der Waals surface area contributed by atoms with Gasteiger partial charge in [-0.2, -0.15) is 0 Å². The molecule has 0 aromatic heterocycles. The first-order valence-corrected chi connectivity index (χ1v) is 7.06. The van der Waals surface area contributed by atoms with E-state index in [-0.39, 0.29) is 25.0 Å². The lowest BCUT2D eigenvalue weighted by molar-refractivity contribution is -0.121. The fourth-order valence-electron chi connectivity index (χ4n) is 2.24. The van der Waals surface area contributed by atoms with Gasteiger partial charge in [0.15, 0.2) is 0 Å². The number of hydrogen-bond acceptors (Lipinski definition) is 4. The standard InChI is InChI=1S/C13H25N3O3/c1-2-3-6-14-13(19)15-12(18)9-16-7-4-5-11(8-16)10-17/h11,17H,2-10H2,1H3,(H2,14,15,18,19). The molecule has 1 heterocycles. The largest absolute Gasteiger partial charge is 0.396 e. The van der Waals surface area contributed by atoms with Crippen molar-refractivity contribution in [1.82, 2.24) is 15.5 Å². The van der Waals surface area contributed by atoms with Gasteiger partial charge in [0.05, 0.1) is 6.54 Å². The summed E-state index contributed by atoms with van der Waals surface area (Å²) in [5, 5.41) is 14.1. The van der Waals surface area contributed by atoms with Crippen LogP contribution in [-0.2, 0) is 4.79 Å². The zero-order valence-electron chi connectivity index (χ0n) is 11.7. The van der Waals surface area contributed by atoms with E-state index in [1.54, 1.807) is 0 Å². The molecule has 1 atom stereocenters. The topological polar surface area (TPSA) is 81.7 Å². The number of likely N-dealkylation sites (tertiary alicyclic amines) is 1. The Bertz CT molecular complexity index is 297. The maximum atomic E-state index is 11.7. The minimum Gasteiger partial charge on any atom is -0.396 e. The Morgan fingerprint density at radius 3 is 2.89 bits per heavy atom. The molecule has 1 unspecified atom stereocenters. The molecule has 1 saturated heterocycles. The summed E-state index contributed by atoms with van der Waals surface area (Å²) in [7, 11) is 0. The molecule has 3 amide bonds. The molecular weight excluding hydrogens is 246 g/mol. The van der Waals surface area contributed by atoms with E-state index in [2.05, 4.69) is 10.6 Å². The molecule has 0 saturated carbocycles. The monoisotopic (exact) mass is 271 g/mol. The van der Waals surface area contributed by atoms with Gasteiger partial charge >= 0.3 is 6.03 Å². The van der Waals surface area contributed by atoms with E-state index in [4.69, 9.17) is 5.11 Å². The zero-order valence-corrected chi connectivity index (χ0v) is 11.7. The normalized spacial score (nSPS) is 20.0. The van der Waals surface area contributed by atoms with Crippen LogP contribution in [-0.4, -0.2) is 54.7 Å². The number of imide groups is 1. The summed E-state index contributed by atoms with van der Waals surface area (Å²) in [6, 6.07) is -0.422. The molecule has 0 aromatic rings. The average molecular weight is 271 g/mol. The summed E-state index contributed by atoms with van der Waals surface area (Å²) in [5.74, 6) is -0.0347. The van der Waals surface area contributed by atoms with Gasteiger partial charge in [-0.3, -0.25) is 15.0 Å². The van der Waals surface area contributed by atoms with Crippen molar-refractivity contribution in [1.29, 1.82) is 0 Å². The first-order chi connectivity index (χ1) is 9.15. The highest BCUT2D eigenvalue weighted by atomic mass is 16.3. The number of nitrogens with one attached hydrogen (secondary N) is 2. The fraction of sp³-hybridized carbons (Fsp3) is 0.846. The van der Waals surface area contributed by atoms with Gasteiger partial charge in [-0.1, -0.05) is 13.3 Å². The van der Waals surface area contributed by atoms with Crippen molar-refractivity contribution >= 4 is 11.9 Å². The lowest BCUT2D eigenvalue weighted by Gasteiger charge is -2.30. The third-order valence-corrected chi connectivity index (χ3v) is 3.30. The third kappa shape index (κ3) is 6.54. The van der Waals surface area contributed by atoms with E-state index in [1.807, 2.05) is 11.8 Å². The van der Waals surface area contributed by atoms with Gasteiger partial charge in [0.2, 0.25) is 5.91 Å². The van der Waals surface area contributed by atoms with Crippen molar-refractivity contribution in [3.05, 3.63) is 0 Å². The van der Waals surface area contributed by atoms with Crippen LogP contribution in [0.2, 0.25) is 0 Å². The third-order valence-electron chi connectivity index (χ3n) is 3.30. The molecule has 0 aromatic carbocycles. The number of rotatable bonds is 6. The Kier molecular flexibility index (Phi) is 7.43. The van der Waals surface area contributed by atoms with Gasteiger partial charge in [0.25, 0.3) is 0 Å². The Morgan fingerprint density at radius 2 is 2.21 bits per heavy atom. The smallest absolute Gasteiger partial charge is 0.321 e. The number of urea groups is 1. The van der Waals surface area contributed by atoms with Gasteiger partial charge in [-0.05, 0) is 31.7 Å². The first-order valence-electron chi connectivity index (χ1n) is 7.06. The van der Waals surface area contributed by atoms with Crippen LogP contribution in [0.5, 0.6) is 0 Å². The van der Waals surface area contributed by atoms with E-state index >= 15 is 0 Å². The van der Waals surface area contributed by atoms with Crippen molar-refractivity contribution in [2.24, 2.45) is 5.92 Å². The van der Waals surface area contributed by atoms with Crippen LogP contribution in [0.15, 0.2) is 0 Å². The Balaban J connectivity index is 2.21. The van der Waals surface area contributed by atoms with Crippen LogP contribution in [0, 0.1) is 5.92 Å². The number of nitrogens with zero attached hydrogens (tertiary/aromatic N) is 1. The molecule has 1 rings (SSSR count). The van der Waals surface area contributed by atoms with Crippen LogP contribution in [0.3, 0.4) is 0 Å². The molecule has 0 aliphatic carbocycles. The van der Waals surface area contributed by atoms with Crippen LogP contribution in [0.1, 0.15) is 32.6 Å². The summed E-state index contributed by atoms with van der Waals surface area (Å²) in [6.07, 6.45) is 3.91. The Hall–Kier alpha value is -1.14. The Morgan fingerprint density at radius 1 is 1.42 bits per heavy atom. The summed E-state index contributed by atoms with van der Waals surface area (Å²) in [4.78, 5) is 25.0. The van der Waals surface area contributed by atoms with E-state index in [1.165, 1.54) is 0 Å². The number of carbonyl (C=O) groups is 2. The number of aliphatic hydroxyl groups excluding tert-OH is 1. The van der Waals surface area contributed by atoms with E-state index < -0.39 is 6.03 Å². The lowest BCUT2D eigenvalue weighted by Crippen LogP contribution is -2.47. The molecule has 1 aliphatic heterocycles. The number of carbonyl (C=O) groups excluding carboxylic acids is 2. The van der Waals surface area contributed by atoms with Crippen molar-refractivity contribution < 1.29 is 14.7 Å². The van der Waals surface area contributed by atoms with Crippen molar-refractivity contribution in [3.8, 4) is 0 Å². The molecule has 6 nitrogen and oxygen atoms in total. The molecule has 0 bridgehead atoms. The Labute approximate surface area is 114 Å². The average Bonchev–Trinajstić information content (AvgIpc) is 2.39. The molecular formula is C13H25N3O3. The molecule has 19 heavy (non-hydrogen) atoms. The minimum atomic E-state index is -0.422. The molecule has 110 valence electrons.